The maximum absolute atomic E-state index is 13.8. The fourth-order valence-corrected chi connectivity index (χ4v) is 4.15. The number of hydrogen-bond donors (Lipinski definition) is 2. The average Bonchev–Trinajstić information content (AvgIpc) is 3.20. The molecule has 178 valence electrons. The highest BCUT2D eigenvalue weighted by Crippen LogP contribution is 2.24. The minimum atomic E-state index is -0.567. The molecular weight excluding hydrogens is 453 g/mol. The van der Waals surface area contributed by atoms with Crippen LogP contribution in [-0.2, 0) is 17.8 Å². The van der Waals surface area contributed by atoms with Crippen molar-refractivity contribution in [3.63, 3.8) is 0 Å². The quantitative estimate of drug-likeness (QED) is 0.312. The Morgan fingerprint density at radius 1 is 1.15 bits per heavy atom. The first kappa shape index (κ1) is 25.2. The molecule has 0 saturated heterocycles. The molecule has 1 heterocycles. The second-order valence-electron chi connectivity index (χ2n) is 7.86. The van der Waals surface area contributed by atoms with E-state index in [1.165, 1.54) is 30.0 Å². The maximum atomic E-state index is 13.8. The molecule has 34 heavy (non-hydrogen) atoms. The molecule has 0 atom stereocenters. The monoisotopic (exact) mass is 481 g/mol. The van der Waals surface area contributed by atoms with Crippen molar-refractivity contribution in [3.05, 3.63) is 84.0 Å². The van der Waals surface area contributed by atoms with E-state index in [0.717, 1.165) is 11.3 Å². The Balaban J connectivity index is 1.58. The van der Waals surface area contributed by atoms with E-state index in [1.54, 1.807) is 12.1 Å². The predicted octanol–water partition coefficient (Wildman–Crippen LogP) is 4.43. The maximum Gasteiger partial charge on any atom is 0.254 e. The standard InChI is InChI=1S/C25H28FN5O2S/c1-4-15-31-22(13-14-27-24(33)19-10-5-7-11-20(19)26)29-30-25(31)34-16-23(32)28-21-12-8-6-9-18(21)17(2)3/h4-12,17H,1,13-16H2,2-3H3,(H,27,33)(H,28,32). The fraction of sp³-hybridized carbons (Fsp3) is 0.280. The molecule has 0 aliphatic heterocycles. The van der Waals surface area contributed by atoms with Crippen molar-refractivity contribution < 1.29 is 14.0 Å². The molecule has 2 amide bonds. The molecule has 2 aromatic carbocycles. The zero-order chi connectivity index (χ0) is 24.5. The lowest BCUT2D eigenvalue weighted by Crippen LogP contribution is -2.27. The van der Waals surface area contributed by atoms with Crippen molar-refractivity contribution >= 4 is 29.3 Å². The van der Waals surface area contributed by atoms with Gasteiger partial charge in [-0.15, -0.1) is 16.8 Å². The largest absolute Gasteiger partial charge is 0.351 e. The lowest BCUT2D eigenvalue weighted by Gasteiger charge is -2.13. The van der Waals surface area contributed by atoms with Gasteiger partial charge in [0.05, 0.1) is 11.3 Å². The van der Waals surface area contributed by atoms with Crippen molar-refractivity contribution in [3.8, 4) is 0 Å². The first-order valence-electron chi connectivity index (χ1n) is 11.0. The third kappa shape index (κ3) is 6.54. The van der Waals surface area contributed by atoms with Crippen LogP contribution in [0.25, 0.3) is 0 Å². The van der Waals surface area contributed by atoms with Gasteiger partial charge >= 0.3 is 0 Å². The van der Waals surface area contributed by atoms with Crippen LogP contribution in [0.15, 0.2) is 66.3 Å². The topological polar surface area (TPSA) is 88.9 Å². The molecule has 0 radical (unpaired) electrons. The van der Waals surface area contributed by atoms with Crippen LogP contribution in [-0.4, -0.2) is 38.9 Å². The highest BCUT2D eigenvalue weighted by molar-refractivity contribution is 7.99. The first-order chi connectivity index (χ1) is 16.4. The summed E-state index contributed by atoms with van der Waals surface area (Å²) < 4.78 is 15.6. The van der Waals surface area contributed by atoms with Gasteiger partial charge in [0.1, 0.15) is 11.6 Å². The van der Waals surface area contributed by atoms with E-state index >= 15 is 0 Å². The Morgan fingerprint density at radius 3 is 2.62 bits per heavy atom. The van der Waals surface area contributed by atoms with Gasteiger partial charge < -0.3 is 15.2 Å². The zero-order valence-corrected chi connectivity index (χ0v) is 20.1. The fourth-order valence-electron chi connectivity index (χ4n) is 3.38. The lowest BCUT2D eigenvalue weighted by molar-refractivity contribution is -0.113. The molecule has 0 saturated carbocycles. The van der Waals surface area contributed by atoms with Gasteiger partial charge in [-0.3, -0.25) is 9.59 Å². The predicted molar refractivity (Wildman–Crippen MR) is 133 cm³/mol. The Labute approximate surface area is 202 Å². The van der Waals surface area contributed by atoms with Crippen LogP contribution in [0.2, 0.25) is 0 Å². The third-order valence-corrected chi connectivity index (χ3v) is 6.01. The molecule has 3 rings (SSSR count). The van der Waals surface area contributed by atoms with E-state index in [1.807, 2.05) is 28.8 Å². The number of aromatic nitrogens is 3. The van der Waals surface area contributed by atoms with Crippen LogP contribution in [0, 0.1) is 5.82 Å². The van der Waals surface area contributed by atoms with Gasteiger partial charge in [-0.2, -0.15) is 0 Å². The van der Waals surface area contributed by atoms with Gasteiger partial charge in [0.25, 0.3) is 5.91 Å². The Bertz CT molecular complexity index is 1160. The van der Waals surface area contributed by atoms with Gasteiger partial charge in [0, 0.05) is 25.2 Å². The van der Waals surface area contributed by atoms with Crippen molar-refractivity contribution in [2.24, 2.45) is 0 Å². The van der Waals surface area contributed by atoms with Gasteiger partial charge in [0.15, 0.2) is 5.16 Å². The SMILES string of the molecule is C=CCn1c(CCNC(=O)c2ccccc2F)nnc1SCC(=O)Nc1ccccc1C(C)C. The van der Waals surface area contributed by atoms with E-state index in [-0.39, 0.29) is 23.8 Å². The van der Waals surface area contributed by atoms with E-state index in [9.17, 15) is 14.0 Å². The average molecular weight is 482 g/mol. The summed E-state index contributed by atoms with van der Waals surface area (Å²) in [5.74, 6) is -0.0807. The van der Waals surface area contributed by atoms with Crippen LogP contribution in [0.4, 0.5) is 10.1 Å². The number of thioether (sulfide) groups is 1. The number of amides is 2. The van der Waals surface area contributed by atoms with Crippen molar-refractivity contribution in [2.75, 3.05) is 17.6 Å². The molecule has 0 bridgehead atoms. The van der Waals surface area contributed by atoms with E-state index in [0.29, 0.717) is 29.9 Å². The summed E-state index contributed by atoms with van der Waals surface area (Å²) in [6.07, 6.45) is 2.11. The summed E-state index contributed by atoms with van der Waals surface area (Å²) in [6.45, 7) is 8.66. The van der Waals surface area contributed by atoms with Gasteiger partial charge in [-0.25, -0.2) is 4.39 Å². The molecule has 0 fully saturated rings. The van der Waals surface area contributed by atoms with Crippen LogP contribution < -0.4 is 10.6 Å². The Kier molecular flexibility index (Phi) is 8.98. The van der Waals surface area contributed by atoms with Crippen molar-refractivity contribution in [1.82, 2.24) is 20.1 Å². The molecule has 7 nitrogen and oxygen atoms in total. The number of hydrogen-bond acceptors (Lipinski definition) is 5. The lowest BCUT2D eigenvalue weighted by atomic mass is 10.0. The molecule has 0 aliphatic carbocycles. The number of carbonyl (C=O) groups excluding carboxylic acids is 2. The molecule has 1 aromatic heterocycles. The molecule has 0 spiro atoms. The Hall–Kier alpha value is -3.46. The summed E-state index contributed by atoms with van der Waals surface area (Å²) >= 11 is 1.28. The molecule has 0 unspecified atom stereocenters. The number of benzene rings is 2. The van der Waals surface area contributed by atoms with Crippen LogP contribution in [0.3, 0.4) is 0 Å². The molecule has 0 aliphatic rings. The summed E-state index contributed by atoms with van der Waals surface area (Å²) in [5, 5.41) is 14.7. The Morgan fingerprint density at radius 2 is 1.88 bits per heavy atom. The minimum absolute atomic E-state index is 0.00337. The van der Waals surface area contributed by atoms with Crippen molar-refractivity contribution in [2.45, 2.75) is 37.9 Å². The summed E-state index contributed by atoms with van der Waals surface area (Å²) in [7, 11) is 0. The van der Waals surface area contributed by atoms with E-state index < -0.39 is 11.7 Å². The first-order valence-corrected chi connectivity index (χ1v) is 12.0. The highest BCUT2D eigenvalue weighted by atomic mass is 32.2. The van der Waals surface area contributed by atoms with Gasteiger partial charge in [0.2, 0.25) is 5.91 Å². The number of carbonyl (C=O) groups is 2. The van der Waals surface area contributed by atoms with E-state index in [2.05, 4.69) is 41.3 Å². The minimum Gasteiger partial charge on any atom is -0.351 e. The normalized spacial score (nSPS) is 10.8. The van der Waals surface area contributed by atoms with Crippen molar-refractivity contribution in [1.29, 1.82) is 0 Å². The molecular formula is C25H28FN5O2S. The number of nitrogens with one attached hydrogen (secondary N) is 2. The second kappa shape index (κ2) is 12.1. The third-order valence-electron chi connectivity index (χ3n) is 5.05. The number of para-hydroxylation sites is 1. The summed E-state index contributed by atoms with van der Waals surface area (Å²) in [5.41, 5.74) is 1.88. The number of allylic oxidation sites excluding steroid dienone is 1. The molecule has 9 heteroatoms. The smallest absolute Gasteiger partial charge is 0.254 e. The molecule has 3 aromatic rings. The number of anilines is 1. The summed E-state index contributed by atoms with van der Waals surface area (Å²) in [4.78, 5) is 24.8. The van der Waals surface area contributed by atoms with Gasteiger partial charge in [-0.1, -0.05) is 62.0 Å². The number of rotatable bonds is 11. The zero-order valence-electron chi connectivity index (χ0n) is 19.3. The van der Waals surface area contributed by atoms with E-state index in [4.69, 9.17) is 0 Å². The van der Waals surface area contributed by atoms with Crippen LogP contribution >= 0.6 is 11.8 Å². The highest BCUT2D eigenvalue weighted by Gasteiger charge is 2.16. The molecule has 2 N–H and O–H groups in total. The summed E-state index contributed by atoms with van der Waals surface area (Å²) in [6, 6.07) is 13.6. The number of nitrogens with zero attached hydrogens (tertiary/aromatic N) is 3. The van der Waals surface area contributed by atoms with Gasteiger partial charge in [-0.05, 0) is 29.7 Å². The van der Waals surface area contributed by atoms with Crippen LogP contribution in [0.1, 0.15) is 41.5 Å². The number of halogens is 1. The van der Waals surface area contributed by atoms with Crippen LogP contribution in [0.5, 0.6) is 0 Å². The second-order valence-corrected chi connectivity index (χ2v) is 8.81.